The Labute approximate surface area is 204 Å². The summed E-state index contributed by atoms with van der Waals surface area (Å²) < 4.78 is 10.0. The average Bonchev–Trinajstić information content (AvgIpc) is 3.26. The Morgan fingerprint density at radius 3 is 2.82 bits per heavy atom. The third-order valence-corrected chi connectivity index (χ3v) is 7.19. The maximum Gasteiger partial charge on any atom is 0.358 e. The summed E-state index contributed by atoms with van der Waals surface area (Å²) in [6.07, 6.45) is 2.65. The molecule has 1 fully saturated rings. The van der Waals surface area contributed by atoms with Crippen LogP contribution >= 0.6 is 23.1 Å². The van der Waals surface area contributed by atoms with E-state index in [9.17, 15) is 24.3 Å². The molecule has 0 spiro atoms. The third kappa shape index (κ3) is 5.59. The summed E-state index contributed by atoms with van der Waals surface area (Å²) in [6, 6.07) is -0.950. The second kappa shape index (κ2) is 11.5. The van der Waals surface area contributed by atoms with Crippen LogP contribution in [0.3, 0.4) is 0 Å². The van der Waals surface area contributed by atoms with Crippen molar-refractivity contribution in [1.29, 1.82) is 0 Å². The molecule has 11 nitrogen and oxygen atoms in total. The number of anilines is 1. The number of thioether (sulfide) groups is 1. The van der Waals surface area contributed by atoms with Crippen molar-refractivity contribution in [2.24, 2.45) is 0 Å². The van der Waals surface area contributed by atoms with Crippen molar-refractivity contribution >= 4 is 52.0 Å². The second-order valence-corrected chi connectivity index (χ2v) is 9.50. The van der Waals surface area contributed by atoms with Crippen LogP contribution in [0.4, 0.5) is 5.13 Å². The van der Waals surface area contributed by atoms with E-state index < -0.39 is 48.1 Å². The molecule has 2 aliphatic heterocycles. The van der Waals surface area contributed by atoms with Gasteiger partial charge in [0.15, 0.2) is 11.2 Å². The van der Waals surface area contributed by atoms with Gasteiger partial charge in [0.25, 0.3) is 11.8 Å². The fourth-order valence-corrected chi connectivity index (χ4v) is 5.31. The predicted octanol–water partition coefficient (Wildman–Crippen LogP) is 1.22. The van der Waals surface area contributed by atoms with Crippen LogP contribution in [0.1, 0.15) is 44.4 Å². The van der Waals surface area contributed by atoms with Crippen LogP contribution in [0.15, 0.2) is 29.3 Å². The maximum absolute atomic E-state index is 12.8. The van der Waals surface area contributed by atoms with Crippen molar-refractivity contribution in [3.8, 4) is 0 Å². The molecule has 0 saturated carbocycles. The van der Waals surface area contributed by atoms with Crippen LogP contribution in [0, 0.1) is 0 Å². The van der Waals surface area contributed by atoms with Gasteiger partial charge in [0.1, 0.15) is 17.1 Å². The number of carbonyl (C=O) groups is 4. The summed E-state index contributed by atoms with van der Waals surface area (Å²) in [6.45, 7) is 5.13. The van der Waals surface area contributed by atoms with E-state index >= 15 is 0 Å². The maximum atomic E-state index is 12.8. The second-order valence-electron chi connectivity index (χ2n) is 7.51. The number of aromatic nitrogens is 1. The Balaban J connectivity index is 1.59. The Hall–Kier alpha value is -2.90. The first-order valence-corrected chi connectivity index (χ1v) is 12.5. The van der Waals surface area contributed by atoms with E-state index in [-0.39, 0.29) is 22.9 Å². The van der Waals surface area contributed by atoms with Crippen LogP contribution in [-0.2, 0) is 28.7 Å². The highest BCUT2D eigenvalue weighted by atomic mass is 32.2. The first-order chi connectivity index (χ1) is 16.3. The fraction of sp³-hybridized carbons (Fsp3) is 0.476. The van der Waals surface area contributed by atoms with Crippen molar-refractivity contribution in [2.75, 3.05) is 18.3 Å². The first-order valence-electron chi connectivity index (χ1n) is 10.6. The minimum Gasteiger partial charge on any atom is -0.428 e. The number of fused-ring (bicyclic) bond motifs is 1. The van der Waals surface area contributed by atoms with Crippen LogP contribution < -0.4 is 11.1 Å². The zero-order chi connectivity index (χ0) is 24.8. The van der Waals surface area contributed by atoms with Gasteiger partial charge >= 0.3 is 11.9 Å². The number of nitrogens with zero attached hydrogens (tertiary/aromatic N) is 2. The van der Waals surface area contributed by atoms with Crippen molar-refractivity contribution in [2.45, 2.75) is 50.1 Å². The molecule has 184 valence electrons. The number of esters is 2. The SMILES string of the molecule is C=CC1=C(C(=O)OCOC(=O)CCCCC)N2C(=O)C(NC(=O)C(O)c3csc(N)n3)[C@@H]2SC1. The minimum atomic E-state index is -1.58. The van der Waals surface area contributed by atoms with E-state index in [0.717, 1.165) is 24.2 Å². The van der Waals surface area contributed by atoms with Gasteiger partial charge in [0.2, 0.25) is 6.79 Å². The van der Waals surface area contributed by atoms with Crippen molar-refractivity contribution in [3.05, 3.63) is 35.0 Å². The van der Waals surface area contributed by atoms with Crippen molar-refractivity contribution < 1.29 is 33.8 Å². The number of rotatable bonds is 11. The van der Waals surface area contributed by atoms with E-state index in [2.05, 4.69) is 16.9 Å². The summed E-state index contributed by atoms with van der Waals surface area (Å²) in [5.41, 5.74) is 6.09. The molecule has 0 bridgehead atoms. The smallest absolute Gasteiger partial charge is 0.358 e. The van der Waals surface area contributed by atoms with E-state index in [0.29, 0.717) is 17.7 Å². The van der Waals surface area contributed by atoms with Crippen LogP contribution in [0.25, 0.3) is 0 Å². The Morgan fingerprint density at radius 1 is 1.41 bits per heavy atom. The monoisotopic (exact) mass is 510 g/mol. The number of hydrogen-bond acceptors (Lipinski definition) is 11. The molecule has 4 N–H and O–H groups in total. The van der Waals surface area contributed by atoms with E-state index in [4.69, 9.17) is 15.2 Å². The summed E-state index contributed by atoms with van der Waals surface area (Å²) in [5.74, 6) is -2.31. The molecule has 2 amide bonds. The lowest BCUT2D eigenvalue weighted by Crippen LogP contribution is -2.70. The number of nitrogens with one attached hydrogen (secondary N) is 1. The van der Waals surface area contributed by atoms with Gasteiger partial charge in [-0.3, -0.25) is 19.3 Å². The lowest BCUT2D eigenvalue weighted by atomic mass is 10.0. The minimum absolute atomic E-state index is 0.0101. The normalized spacial score (nSPS) is 20.2. The average molecular weight is 511 g/mol. The van der Waals surface area contributed by atoms with Gasteiger partial charge in [0.05, 0.1) is 5.69 Å². The van der Waals surface area contributed by atoms with Gasteiger partial charge in [-0.05, 0) is 12.0 Å². The quantitative estimate of drug-likeness (QED) is 0.171. The van der Waals surface area contributed by atoms with Gasteiger partial charge < -0.3 is 25.6 Å². The molecule has 1 aromatic rings. The largest absolute Gasteiger partial charge is 0.428 e. The Bertz CT molecular complexity index is 1010. The standard InChI is InChI=1S/C21H26N4O7S2/c1-3-5-6-7-13(26)31-10-32-20(30)15-11(4-2)8-33-19-14(18(29)25(15)19)24-17(28)16(27)12-9-34-21(22)23-12/h4,9,14,16,19,27H,2-3,5-8,10H2,1H3,(H2,22,23)(H,24,28)/t14?,16?,19-/m0/s1. The molecule has 13 heteroatoms. The molecule has 3 rings (SSSR count). The molecular formula is C21H26N4O7S2. The number of ether oxygens (including phenoxy) is 2. The molecule has 0 aliphatic carbocycles. The Morgan fingerprint density at radius 2 is 2.18 bits per heavy atom. The van der Waals surface area contributed by atoms with Gasteiger partial charge in [-0.25, -0.2) is 9.78 Å². The molecule has 1 aromatic heterocycles. The van der Waals surface area contributed by atoms with Crippen molar-refractivity contribution in [1.82, 2.24) is 15.2 Å². The molecule has 3 heterocycles. The Kier molecular flexibility index (Phi) is 8.69. The number of thiazole rings is 1. The van der Waals surface area contributed by atoms with Gasteiger partial charge in [0, 0.05) is 17.6 Å². The predicted molar refractivity (Wildman–Crippen MR) is 125 cm³/mol. The third-order valence-electron chi connectivity index (χ3n) is 5.20. The van der Waals surface area contributed by atoms with E-state index in [1.54, 1.807) is 0 Å². The van der Waals surface area contributed by atoms with Crippen LogP contribution in [0.5, 0.6) is 0 Å². The number of amides is 2. The van der Waals surface area contributed by atoms with Crippen molar-refractivity contribution in [3.63, 3.8) is 0 Å². The zero-order valence-electron chi connectivity index (χ0n) is 18.5. The molecular weight excluding hydrogens is 484 g/mol. The summed E-state index contributed by atoms with van der Waals surface area (Å²) >= 11 is 2.40. The lowest BCUT2D eigenvalue weighted by Gasteiger charge is -2.49. The topological polar surface area (TPSA) is 161 Å². The number of hydrogen-bond donors (Lipinski definition) is 3. The van der Waals surface area contributed by atoms with E-state index in [1.807, 2.05) is 6.92 Å². The lowest BCUT2D eigenvalue weighted by molar-refractivity contribution is -0.168. The van der Waals surface area contributed by atoms with Gasteiger partial charge in [-0.2, -0.15) is 0 Å². The highest BCUT2D eigenvalue weighted by molar-refractivity contribution is 8.00. The highest BCUT2D eigenvalue weighted by Crippen LogP contribution is 2.41. The zero-order valence-corrected chi connectivity index (χ0v) is 20.2. The fourth-order valence-electron chi connectivity index (χ4n) is 3.39. The highest BCUT2D eigenvalue weighted by Gasteiger charge is 2.54. The number of nitrogen functional groups attached to an aromatic ring is 1. The number of aliphatic hydroxyl groups excluding tert-OH is 1. The van der Waals surface area contributed by atoms with Crippen LogP contribution in [0.2, 0.25) is 0 Å². The summed E-state index contributed by atoms with van der Waals surface area (Å²) in [7, 11) is 0. The molecule has 0 radical (unpaired) electrons. The number of aliphatic hydroxyl groups is 1. The van der Waals surface area contributed by atoms with Gasteiger partial charge in [-0.15, -0.1) is 23.1 Å². The molecule has 0 aromatic carbocycles. The molecule has 2 aliphatic rings. The summed E-state index contributed by atoms with van der Waals surface area (Å²) in [4.78, 5) is 54.7. The first kappa shape index (κ1) is 25.7. The van der Waals surface area contributed by atoms with E-state index in [1.165, 1.54) is 28.1 Å². The molecule has 1 saturated heterocycles. The number of allylic oxidation sites excluding steroid dienone is 1. The van der Waals surface area contributed by atoms with Crippen LogP contribution in [-0.4, -0.2) is 62.7 Å². The molecule has 2 unspecified atom stereocenters. The summed E-state index contributed by atoms with van der Waals surface area (Å²) in [5, 5.41) is 13.8. The number of carbonyl (C=O) groups excluding carboxylic acids is 4. The molecule has 34 heavy (non-hydrogen) atoms. The number of nitrogens with two attached hydrogens (primary N) is 1. The molecule has 3 atom stereocenters. The number of β-lactam (4-membered cyclic amide) rings is 1. The van der Waals surface area contributed by atoms with Gasteiger partial charge in [-0.1, -0.05) is 32.4 Å². The number of unbranched alkanes of at least 4 members (excludes halogenated alkanes) is 2.